The van der Waals surface area contributed by atoms with Crippen LogP contribution in [-0.4, -0.2) is 12.1 Å². The Morgan fingerprint density at radius 2 is 2.21 bits per heavy atom. The van der Waals surface area contributed by atoms with E-state index in [1.165, 1.54) is 0 Å². The summed E-state index contributed by atoms with van der Waals surface area (Å²) in [7, 11) is 1.60. The van der Waals surface area contributed by atoms with Gasteiger partial charge in [0.15, 0.2) is 0 Å². The van der Waals surface area contributed by atoms with Gasteiger partial charge in [-0.1, -0.05) is 27.5 Å². The number of nitrogens with zero attached hydrogens (tertiary/aromatic N) is 1. The predicted octanol–water partition coefficient (Wildman–Crippen LogP) is 3.06. The summed E-state index contributed by atoms with van der Waals surface area (Å²) in [5.41, 5.74) is 4.35. The number of pyridine rings is 1. The monoisotopic (exact) mass is 341 g/mol. The molecule has 0 aliphatic heterocycles. The van der Waals surface area contributed by atoms with Gasteiger partial charge in [-0.05, 0) is 35.9 Å². The van der Waals surface area contributed by atoms with Crippen LogP contribution >= 0.6 is 27.5 Å². The molecule has 1 atom stereocenters. The maximum Gasteiger partial charge on any atom is 0.142 e. The summed E-state index contributed by atoms with van der Waals surface area (Å²) in [6, 6.07) is 8.94. The van der Waals surface area contributed by atoms with Crippen molar-refractivity contribution >= 4 is 27.5 Å². The van der Waals surface area contributed by atoms with Crippen LogP contribution in [0.2, 0.25) is 5.02 Å². The fourth-order valence-corrected chi connectivity index (χ4v) is 2.75. The molecule has 3 N–H and O–H groups in total. The molecule has 0 aliphatic carbocycles. The number of halogens is 2. The van der Waals surface area contributed by atoms with Crippen LogP contribution in [0.4, 0.5) is 0 Å². The number of aromatic nitrogens is 1. The van der Waals surface area contributed by atoms with E-state index in [0.29, 0.717) is 16.5 Å². The molecule has 6 heteroatoms. The molecule has 19 heavy (non-hydrogen) atoms. The zero-order chi connectivity index (χ0) is 13.8. The van der Waals surface area contributed by atoms with Crippen molar-refractivity contribution in [3.05, 3.63) is 57.3 Å². The van der Waals surface area contributed by atoms with Gasteiger partial charge in [-0.2, -0.15) is 0 Å². The van der Waals surface area contributed by atoms with Crippen LogP contribution in [0.25, 0.3) is 0 Å². The summed E-state index contributed by atoms with van der Waals surface area (Å²) in [6.45, 7) is 0. The van der Waals surface area contributed by atoms with Gasteiger partial charge < -0.3 is 4.74 Å². The first-order valence-electron chi connectivity index (χ1n) is 5.56. The van der Waals surface area contributed by atoms with Crippen LogP contribution in [-0.2, 0) is 0 Å². The Morgan fingerprint density at radius 1 is 1.42 bits per heavy atom. The highest BCUT2D eigenvalue weighted by atomic mass is 79.9. The fraction of sp³-hybridized carbons (Fsp3) is 0.154. The quantitative estimate of drug-likeness (QED) is 0.662. The summed E-state index contributed by atoms with van der Waals surface area (Å²) in [5, 5.41) is 0.625. The third-order valence-electron chi connectivity index (χ3n) is 2.68. The second-order valence-corrected chi connectivity index (χ2v) is 5.25. The molecule has 2 rings (SSSR count). The molecular weight excluding hydrogens is 330 g/mol. The van der Waals surface area contributed by atoms with Crippen molar-refractivity contribution < 1.29 is 4.74 Å². The molecule has 4 nitrogen and oxygen atoms in total. The first-order chi connectivity index (χ1) is 9.15. The lowest BCUT2D eigenvalue weighted by Crippen LogP contribution is -2.29. The molecule has 0 amide bonds. The zero-order valence-electron chi connectivity index (χ0n) is 10.2. The van der Waals surface area contributed by atoms with Crippen molar-refractivity contribution in [1.29, 1.82) is 0 Å². The van der Waals surface area contributed by atoms with Gasteiger partial charge in [-0.3, -0.25) is 10.8 Å². The van der Waals surface area contributed by atoms with Gasteiger partial charge in [-0.25, -0.2) is 5.43 Å². The Kier molecular flexibility index (Phi) is 4.76. The maximum atomic E-state index is 6.06. The molecule has 1 aromatic heterocycles. The number of benzene rings is 1. The third kappa shape index (κ3) is 3.25. The molecular formula is C13H13BrClN3O. The Labute approximate surface area is 125 Å². The fourth-order valence-electron chi connectivity index (χ4n) is 1.87. The lowest BCUT2D eigenvalue weighted by Gasteiger charge is -2.18. The zero-order valence-corrected chi connectivity index (χ0v) is 12.6. The minimum Gasteiger partial charge on any atom is -0.495 e. The lowest BCUT2D eigenvalue weighted by molar-refractivity contribution is 0.400. The predicted molar refractivity (Wildman–Crippen MR) is 79.1 cm³/mol. The minimum absolute atomic E-state index is 0.300. The van der Waals surface area contributed by atoms with Crippen LogP contribution in [0, 0.1) is 0 Å². The highest BCUT2D eigenvalue weighted by Gasteiger charge is 2.19. The van der Waals surface area contributed by atoms with Gasteiger partial charge >= 0.3 is 0 Å². The van der Waals surface area contributed by atoms with Gasteiger partial charge in [-0.15, -0.1) is 0 Å². The highest BCUT2D eigenvalue weighted by Crippen LogP contribution is 2.30. The molecule has 0 bridgehead atoms. The molecule has 0 spiro atoms. The number of rotatable bonds is 4. The normalized spacial score (nSPS) is 12.2. The van der Waals surface area contributed by atoms with E-state index in [1.54, 1.807) is 13.3 Å². The number of hydrogen-bond acceptors (Lipinski definition) is 4. The van der Waals surface area contributed by atoms with E-state index < -0.39 is 0 Å². The number of methoxy groups -OCH3 is 1. The number of ether oxygens (including phenoxy) is 1. The maximum absolute atomic E-state index is 6.06. The largest absolute Gasteiger partial charge is 0.495 e. The molecule has 2 aromatic rings. The Morgan fingerprint density at radius 3 is 2.84 bits per heavy atom. The first-order valence-corrected chi connectivity index (χ1v) is 6.74. The van der Waals surface area contributed by atoms with Crippen molar-refractivity contribution in [1.82, 2.24) is 10.4 Å². The molecule has 0 aliphatic rings. The average molecular weight is 343 g/mol. The van der Waals surface area contributed by atoms with Gasteiger partial charge in [0.25, 0.3) is 0 Å². The van der Waals surface area contributed by atoms with Crippen molar-refractivity contribution in [2.75, 3.05) is 7.11 Å². The van der Waals surface area contributed by atoms with Crippen molar-refractivity contribution in [3.63, 3.8) is 0 Å². The molecule has 0 saturated carbocycles. The minimum atomic E-state index is -0.300. The van der Waals surface area contributed by atoms with E-state index >= 15 is 0 Å². The van der Waals surface area contributed by atoms with E-state index in [2.05, 4.69) is 26.3 Å². The Bertz CT molecular complexity index is 559. The summed E-state index contributed by atoms with van der Waals surface area (Å²) >= 11 is 9.48. The molecule has 0 radical (unpaired) electrons. The van der Waals surface area contributed by atoms with Crippen LogP contribution in [0.3, 0.4) is 0 Å². The SMILES string of the molecule is COc1cccnc1C(NN)c1cc(Cl)cc(Br)c1. The van der Waals surface area contributed by atoms with Crippen LogP contribution in [0.5, 0.6) is 5.75 Å². The van der Waals surface area contributed by atoms with Crippen molar-refractivity contribution in [2.45, 2.75) is 6.04 Å². The molecule has 0 saturated heterocycles. The number of hydrogen-bond donors (Lipinski definition) is 2. The Balaban J connectivity index is 2.49. The van der Waals surface area contributed by atoms with Crippen molar-refractivity contribution in [2.24, 2.45) is 5.84 Å². The molecule has 0 fully saturated rings. The van der Waals surface area contributed by atoms with E-state index in [9.17, 15) is 0 Å². The Hall–Kier alpha value is -1.14. The smallest absolute Gasteiger partial charge is 0.142 e. The molecule has 1 aromatic carbocycles. The molecule has 1 heterocycles. The van der Waals surface area contributed by atoms with Gasteiger partial charge in [0.1, 0.15) is 11.4 Å². The number of hydrazine groups is 1. The van der Waals surface area contributed by atoms with Crippen LogP contribution in [0.15, 0.2) is 41.0 Å². The second-order valence-electron chi connectivity index (χ2n) is 3.89. The van der Waals surface area contributed by atoms with E-state index in [4.69, 9.17) is 22.2 Å². The summed E-state index contributed by atoms with van der Waals surface area (Å²) in [4.78, 5) is 4.33. The highest BCUT2D eigenvalue weighted by molar-refractivity contribution is 9.10. The van der Waals surface area contributed by atoms with E-state index in [-0.39, 0.29) is 6.04 Å². The standard InChI is InChI=1S/C13H13BrClN3O/c1-19-11-3-2-4-17-13(11)12(18-16)8-5-9(14)7-10(15)6-8/h2-7,12,18H,16H2,1H3. The van der Waals surface area contributed by atoms with Gasteiger partial charge in [0.2, 0.25) is 0 Å². The summed E-state index contributed by atoms with van der Waals surface area (Å²) < 4.78 is 6.19. The van der Waals surface area contributed by atoms with Crippen LogP contribution < -0.4 is 16.0 Å². The van der Waals surface area contributed by atoms with E-state index in [0.717, 1.165) is 10.0 Å². The molecule has 100 valence electrons. The number of nitrogens with two attached hydrogens (primary N) is 1. The molecule has 1 unspecified atom stereocenters. The summed E-state index contributed by atoms with van der Waals surface area (Å²) in [6.07, 6.45) is 1.70. The second kappa shape index (κ2) is 6.34. The van der Waals surface area contributed by atoms with E-state index in [1.807, 2.05) is 30.3 Å². The third-order valence-corrected chi connectivity index (χ3v) is 3.35. The first kappa shape index (κ1) is 14.3. The summed E-state index contributed by atoms with van der Waals surface area (Å²) in [5.74, 6) is 6.32. The average Bonchev–Trinajstić information content (AvgIpc) is 2.39. The van der Waals surface area contributed by atoms with Gasteiger partial charge in [0, 0.05) is 15.7 Å². The van der Waals surface area contributed by atoms with Crippen molar-refractivity contribution in [3.8, 4) is 5.75 Å². The topological polar surface area (TPSA) is 60.2 Å². The van der Waals surface area contributed by atoms with Gasteiger partial charge in [0.05, 0.1) is 13.2 Å². The number of nitrogens with one attached hydrogen (secondary N) is 1. The lowest BCUT2D eigenvalue weighted by atomic mass is 10.0. The van der Waals surface area contributed by atoms with Crippen LogP contribution in [0.1, 0.15) is 17.3 Å².